The Bertz CT molecular complexity index is 585. The van der Waals surface area contributed by atoms with E-state index in [2.05, 4.69) is 5.32 Å². The van der Waals surface area contributed by atoms with Crippen LogP contribution in [0.3, 0.4) is 0 Å². The second-order valence-corrected chi connectivity index (χ2v) is 5.51. The Labute approximate surface area is 129 Å². The van der Waals surface area contributed by atoms with Crippen molar-refractivity contribution in [1.29, 1.82) is 0 Å². The van der Waals surface area contributed by atoms with Gasteiger partial charge in [-0.2, -0.15) is 0 Å². The molecule has 6 heteroatoms. The third-order valence-corrected chi connectivity index (χ3v) is 3.91. The van der Waals surface area contributed by atoms with Crippen LogP contribution in [0, 0.1) is 12.8 Å². The molecule has 1 atom stereocenters. The van der Waals surface area contributed by atoms with Crippen molar-refractivity contribution in [3.05, 3.63) is 35.4 Å². The zero-order valence-electron chi connectivity index (χ0n) is 12.5. The minimum atomic E-state index is -0.874. The highest BCUT2D eigenvalue weighted by molar-refractivity contribution is 5.97. The predicted molar refractivity (Wildman–Crippen MR) is 80.5 cm³/mol. The van der Waals surface area contributed by atoms with Crippen molar-refractivity contribution in [2.75, 3.05) is 19.6 Å². The van der Waals surface area contributed by atoms with Gasteiger partial charge in [0.25, 0.3) is 5.91 Å². The number of amides is 2. The van der Waals surface area contributed by atoms with E-state index in [0.717, 1.165) is 5.56 Å². The summed E-state index contributed by atoms with van der Waals surface area (Å²) in [5.74, 6) is -1.92. The smallest absolute Gasteiger partial charge is 0.308 e. The van der Waals surface area contributed by atoms with E-state index in [0.29, 0.717) is 24.9 Å². The molecule has 0 aliphatic carbocycles. The summed E-state index contributed by atoms with van der Waals surface area (Å²) >= 11 is 0. The largest absolute Gasteiger partial charge is 0.481 e. The van der Waals surface area contributed by atoms with Gasteiger partial charge in [-0.25, -0.2) is 0 Å². The van der Waals surface area contributed by atoms with E-state index in [4.69, 9.17) is 5.11 Å². The van der Waals surface area contributed by atoms with Crippen molar-refractivity contribution in [2.45, 2.75) is 19.8 Å². The number of nitrogens with zero attached hydrogens (tertiary/aromatic N) is 1. The maximum absolute atomic E-state index is 12.1. The molecule has 0 bridgehead atoms. The first-order valence-electron chi connectivity index (χ1n) is 7.33. The lowest BCUT2D eigenvalue weighted by Crippen LogP contribution is -2.46. The molecule has 6 nitrogen and oxygen atoms in total. The van der Waals surface area contributed by atoms with Gasteiger partial charge in [0, 0.05) is 18.7 Å². The molecule has 118 valence electrons. The van der Waals surface area contributed by atoms with Crippen LogP contribution in [0.25, 0.3) is 0 Å². The molecule has 1 saturated heterocycles. The molecule has 1 aliphatic heterocycles. The molecule has 1 aliphatic rings. The van der Waals surface area contributed by atoms with Crippen LogP contribution in [0.15, 0.2) is 24.3 Å². The van der Waals surface area contributed by atoms with Gasteiger partial charge in [0.1, 0.15) is 0 Å². The molecule has 0 saturated carbocycles. The van der Waals surface area contributed by atoms with Crippen molar-refractivity contribution in [1.82, 2.24) is 10.2 Å². The molecule has 2 N–H and O–H groups in total. The molecule has 0 radical (unpaired) electrons. The van der Waals surface area contributed by atoms with Crippen LogP contribution in [-0.2, 0) is 9.59 Å². The molecule has 22 heavy (non-hydrogen) atoms. The van der Waals surface area contributed by atoms with Crippen molar-refractivity contribution in [3.63, 3.8) is 0 Å². The topological polar surface area (TPSA) is 86.7 Å². The van der Waals surface area contributed by atoms with Gasteiger partial charge in [-0.15, -0.1) is 0 Å². The Morgan fingerprint density at radius 1 is 1.32 bits per heavy atom. The number of carboxylic acid groups (broad SMARTS) is 1. The standard InChI is InChI=1S/C16H20N2O4/c1-11-5-2-3-7-13(11)15(20)17-9-14(19)18-8-4-6-12(10-18)16(21)22/h2-3,5,7,12H,4,6,8-10H2,1H3,(H,17,20)(H,21,22). The summed E-state index contributed by atoms with van der Waals surface area (Å²) < 4.78 is 0. The van der Waals surface area contributed by atoms with E-state index < -0.39 is 11.9 Å². The average Bonchev–Trinajstić information content (AvgIpc) is 2.52. The number of aliphatic carboxylic acids is 1. The number of hydrogen-bond acceptors (Lipinski definition) is 3. The van der Waals surface area contributed by atoms with Crippen molar-refractivity contribution in [2.24, 2.45) is 5.92 Å². The van der Waals surface area contributed by atoms with E-state index in [1.807, 2.05) is 19.1 Å². The highest BCUT2D eigenvalue weighted by atomic mass is 16.4. The maximum Gasteiger partial charge on any atom is 0.308 e. The number of aryl methyl sites for hydroxylation is 1. The van der Waals surface area contributed by atoms with Gasteiger partial charge in [0.15, 0.2) is 0 Å². The van der Waals surface area contributed by atoms with Crippen LogP contribution in [-0.4, -0.2) is 47.4 Å². The first kappa shape index (κ1) is 16.0. The van der Waals surface area contributed by atoms with Crippen LogP contribution in [0.4, 0.5) is 0 Å². The summed E-state index contributed by atoms with van der Waals surface area (Å²) in [6.45, 7) is 2.48. The first-order valence-corrected chi connectivity index (χ1v) is 7.33. The normalized spacial score (nSPS) is 17.9. The molecule has 1 heterocycles. The third kappa shape index (κ3) is 3.84. The average molecular weight is 304 g/mol. The number of benzene rings is 1. The monoisotopic (exact) mass is 304 g/mol. The number of hydrogen-bond donors (Lipinski definition) is 2. The zero-order valence-corrected chi connectivity index (χ0v) is 12.5. The van der Waals surface area contributed by atoms with Crippen LogP contribution < -0.4 is 5.32 Å². The Kier molecular flexibility index (Phi) is 5.14. The molecule has 2 rings (SSSR count). The lowest BCUT2D eigenvalue weighted by molar-refractivity contribution is -0.145. The third-order valence-electron chi connectivity index (χ3n) is 3.91. The van der Waals surface area contributed by atoms with E-state index in [1.54, 1.807) is 12.1 Å². The molecule has 1 aromatic carbocycles. The van der Waals surface area contributed by atoms with Crippen LogP contribution in [0.1, 0.15) is 28.8 Å². The summed E-state index contributed by atoms with van der Waals surface area (Å²) in [4.78, 5) is 36.7. The summed E-state index contributed by atoms with van der Waals surface area (Å²) in [6, 6.07) is 7.15. The molecule has 0 aromatic heterocycles. The van der Waals surface area contributed by atoms with Gasteiger partial charge in [0.2, 0.25) is 5.91 Å². The fraction of sp³-hybridized carbons (Fsp3) is 0.438. The zero-order chi connectivity index (χ0) is 16.1. The van der Waals surface area contributed by atoms with Crippen LogP contribution in [0.5, 0.6) is 0 Å². The van der Waals surface area contributed by atoms with Gasteiger partial charge in [0.05, 0.1) is 12.5 Å². The highest BCUT2D eigenvalue weighted by Crippen LogP contribution is 2.16. The van der Waals surface area contributed by atoms with E-state index in [9.17, 15) is 14.4 Å². The Balaban J connectivity index is 1.89. The number of carbonyl (C=O) groups excluding carboxylic acids is 2. The minimum absolute atomic E-state index is 0.112. The number of piperidine rings is 1. The molecule has 1 aromatic rings. The van der Waals surface area contributed by atoms with Gasteiger partial charge in [-0.1, -0.05) is 18.2 Å². The summed E-state index contributed by atoms with van der Waals surface area (Å²) in [6.07, 6.45) is 1.27. The highest BCUT2D eigenvalue weighted by Gasteiger charge is 2.28. The van der Waals surface area contributed by atoms with Crippen molar-refractivity contribution >= 4 is 17.8 Å². The quantitative estimate of drug-likeness (QED) is 0.870. The van der Waals surface area contributed by atoms with Gasteiger partial charge in [-0.05, 0) is 31.4 Å². The van der Waals surface area contributed by atoms with Gasteiger partial charge in [-0.3, -0.25) is 14.4 Å². The lowest BCUT2D eigenvalue weighted by atomic mass is 9.98. The van der Waals surface area contributed by atoms with Gasteiger partial charge < -0.3 is 15.3 Å². The fourth-order valence-corrected chi connectivity index (χ4v) is 2.60. The van der Waals surface area contributed by atoms with Gasteiger partial charge >= 0.3 is 5.97 Å². The molecule has 0 spiro atoms. The number of rotatable bonds is 4. The Morgan fingerprint density at radius 3 is 2.73 bits per heavy atom. The summed E-state index contributed by atoms with van der Waals surface area (Å²) in [7, 11) is 0. The molecule has 1 fully saturated rings. The number of nitrogens with one attached hydrogen (secondary N) is 1. The minimum Gasteiger partial charge on any atom is -0.481 e. The number of likely N-dealkylation sites (tertiary alicyclic amines) is 1. The molecule has 1 unspecified atom stereocenters. The fourth-order valence-electron chi connectivity index (χ4n) is 2.60. The van der Waals surface area contributed by atoms with Crippen LogP contribution >= 0.6 is 0 Å². The first-order chi connectivity index (χ1) is 10.5. The second-order valence-electron chi connectivity index (χ2n) is 5.51. The van der Waals surface area contributed by atoms with Crippen molar-refractivity contribution < 1.29 is 19.5 Å². The van der Waals surface area contributed by atoms with E-state index in [1.165, 1.54) is 4.90 Å². The molecular weight excluding hydrogens is 284 g/mol. The molecular formula is C16H20N2O4. The predicted octanol–water partition coefficient (Wildman–Crippen LogP) is 1.05. The molecule has 2 amide bonds. The second kappa shape index (κ2) is 7.06. The Hall–Kier alpha value is -2.37. The van der Waals surface area contributed by atoms with E-state index >= 15 is 0 Å². The SMILES string of the molecule is Cc1ccccc1C(=O)NCC(=O)N1CCCC(C(=O)O)C1. The number of carbonyl (C=O) groups is 3. The van der Waals surface area contributed by atoms with Crippen LogP contribution in [0.2, 0.25) is 0 Å². The summed E-state index contributed by atoms with van der Waals surface area (Å²) in [5, 5.41) is 11.6. The summed E-state index contributed by atoms with van der Waals surface area (Å²) in [5.41, 5.74) is 1.38. The maximum atomic E-state index is 12.1. The van der Waals surface area contributed by atoms with Crippen molar-refractivity contribution in [3.8, 4) is 0 Å². The number of carboxylic acids is 1. The van der Waals surface area contributed by atoms with E-state index in [-0.39, 0.29) is 24.9 Å². The Morgan fingerprint density at radius 2 is 2.05 bits per heavy atom. The lowest BCUT2D eigenvalue weighted by Gasteiger charge is -2.30.